The number of esters is 3. The van der Waals surface area contributed by atoms with Crippen molar-refractivity contribution in [3.05, 3.63) is 118 Å². The largest absolute Gasteiger partial charge is 0.459 e. The number of benzene rings is 3. The zero-order valence-corrected chi connectivity index (χ0v) is 28.9. The van der Waals surface area contributed by atoms with Crippen molar-refractivity contribution in [2.75, 3.05) is 13.7 Å². The molecule has 0 unspecified atom stereocenters. The predicted molar refractivity (Wildman–Crippen MR) is 180 cm³/mol. The average molecular weight is 718 g/mol. The van der Waals surface area contributed by atoms with E-state index in [1.165, 1.54) is 31.4 Å². The maximum Gasteiger partial charge on any atom is 0.338 e. The van der Waals surface area contributed by atoms with Crippen LogP contribution in [0.25, 0.3) is 10.4 Å². The lowest BCUT2D eigenvalue weighted by atomic mass is 9.95. The van der Waals surface area contributed by atoms with Gasteiger partial charge in [0.15, 0.2) is 30.6 Å². The fourth-order valence-electron chi connectivity index (χ4n) is 6.39. The first-order chi connectivity index (χ1) is 25.1. The maximum atomic E-state index is 13.6. The smallest absolute Gasteiger partial charge is 0.338 e. The standard InChI is InChI=1S/C37H39N3O12/c1-21-27(30-31(36(44-4)46-21)52-37(2,3)51-30)50-35-26(39-40-38)29(49-34(43)24-18-12-7-13-19-24)28(48-33(42)23-16-10-6-11-17-23)25(47-35)20-45-32(41)22-14-8-5-9-15-22/h5-19,21,25-31,35-36H,20H2,1-4H3/t21-,25+,26+,27-,28-,29+,30+,31+,35+,36+/m0/s1. The highest BCUT2D eigenvalue weighted by Crippen LogP contribution is 2.41. The van der Waals surface area contributed by atoms with Gasteiger partial charge in [-0.15, -0.1) is 0 Å². The molecule has 274 valence electrons. The van der Waals surface area contributed by atoms with Crippen LogP contribution >= 0.6 is 0 Å². The Morgan fingerprint density at radius 2 is 1.25 bits per heavy atom. The summed E-state index contributed by atoms with van der Waals surface area (Å²) in [4.78, 5) is 43.3. The molecule has 0 N–H and O–H groups in total. The van der Waals surface area contributed by atoms with Gasteiger partial charge in [-0.3, -0.25) is 0 Å². The van der Waals surface area contributed by atoms with Crippen molar-refractivity contribution >= 4 is 17.9 Å². The second kappa shape index (κ2) is 16.2. The van der Waals surface area contributed by atoms with Gasteiger partial charge < -0.3 is 42.6 Å². The number of nitrogens with zero attached hydrogens (tertiary/aromatic N) is 3. The fourth-order valence-corrected chi connectivity index (χ4v) is 6.39. The number of hydrogen-bond acceptors (Lipinski definition) is 13. The van der Waals surface area contributed by atoms with Gasteiger partial charge in [0.1, 0.15) is 37.1 Å². The van der Waals surface area contributed by atoms with Crippen LogP contribution in [0.3, 0.4) is 0 Å². The van der Waals surface area contributed by atoms with Crippen molar-refractivity contribution in [1.82, 2.24) is 0 Å². The molecule has 3 fully saturated rings. The molecule has 15 nitrogen and oxygen atoms in total. The Labute approximate surface area is 299 Å². The van der Waals surface area contributed by atoms with Gasteiger partial charge >= 0.3 is 17.9 Å². The molecular formula is C37H39N3O12. The average Bonchev–Trinajstić information content (AvgIpc) is 3.49. The first-order valence-corrected chi connectivity index (χ1v) is 16.7. The zero-order valence-electron chi connectivity index (χ0n) is 28.9. The molecule has 3 aliphatic heterocycles. The zero-order chi connectivity index (χ0) is 36.8. The monoisotopic (exact) mass is 717 g/mol. The summed E-state index contributed by atoms with van der Waals surface area (Å²) in [5.41, 5.74) is 10.4. The predicted octanol–water partition coefficient (Wildman–Crippen LogP) is 4.99. The summed E-state index contributed by atoms with van der Waals surface area (Å²) in [5, 5.41) is 3.95. The fraction of sp³-hybridized carbons (Fsp3) is 0.432. The number of carbonyl (C=O) groups is 3. The van der Waals surface area contributed by atoms with Crippen LogP contribution in [-0.4, -0.2) is 98.8 Å². The quantitative estimate of drug-likeness (QED) is 0.0853. The van der Waals surface area contributed by atoms with Gasteiger partial charge in [0.2, 0.25) is 0 Å². The summed E-state index contributed by atoms with van der Waals surface area (Å²) in [6.07, 6.45) is -9.56. The highest BCUT2D eigenvalue weighted by Gasteiger charge is 2.58. The number of fused-ring (bicyclic) bond motifs is 1. The Morgan fingerprint density at radius 3 is 1.79 bits per heavy atom. The third-order valence-corrected chi connectivity index (χ3v) is 8.78. The van der Waals surface area contributed by atoms with Crippen LogP contribution in [0.2, 0.25) is 0 Å². The summed E-state index contributed by atoms with van der Waals surface area (Å²) in [6.45, 7) is 4.73. The molecule has 52 heavy (non-hydrogen) atoms. The molecule has 0 spiro atoms. The molecule has 15 heteroatoms. The van der Waals surface area contributed by atoms with E-state index in [4.69, 9.17) is 42.6 Å². The lowest BCUT2D eigenvalue weighted by Gasteiger charge is -2.47. The van der Waals surface area contributed by atoms with E-state index in [9.17, 15) is 19.9 Å². The van der Waals surface area contributed by atoms with Gasteiger partial charge in [-0.1, -0.05) is 59.7 Å². The number of carbonyl (C=O) groups excluding carboxylic acids is 3. The van der Waals surface area contributed by atoms with Gasteiger partial charge in [-0.25, -0.2) is 14.4 Å². The molecule has 3 aliphatic rings. The van der Waals surface area contributed by atoms with E-state index in [1.54, 1.807) is 87.5 Å². The molecule has 0 aliphatic carbocycles. The number of azide groups is 1. The van der Waals surface area contributed by atoms with Crippen LogP contribution in [0.1, 0.15) is 51.8 Å². The van der Waals surface area contributed by atoms with Crippen LogP contribution in [0.15, 0.2) is 96.1 Å². The highest BCUT2D eigenvalue weighted by molar-refractivity contribution is 5.91. The molecule has 6 rings (SSSR count). The Bertz CT molecular complexity index is 1740. The first kappa shape index (κ1) is 36.9. The van der Waals surface area contributed by atoms with Gasteiger partial charge in [0, 0.05) is 12.0 Å². The third-order valence-electron chi connectivity index (χ3n) is 8.78. The Morgan fingerprint density at radius 1 is 0.731 bits per heavy atom. The summed E-state index contributed by atoms with van der Waals surface area (Å²) in [6, 6.07) is 23.0. The van der Waals surface area contributed by atoms with E-state index in [-0.39, 0.29) is 16.7 Å². The van der Waals surface area contributed by atoms with Crippen molar-refractivity contribution in [3.63, 3.8) is 0 Å². The number of ether oxygens (including phenoxy) is 9. The van der Waals surface area contributed by atoms with Gasteiger partial charge in [0.25, 0.3) is 0 Å². The molecular weight excluding hydrogens is 678 g/mol. The van der Waals surface area contributed by atoms with E-state index in [2.05, 4.69) is 10.0 Å². The molecule has 0 aromatic heterocycles. The van der Waals surface area contributed by atoms with Crippen molar-refractivity contribution in [3.8, 4) is 0 Å². The van der Waals surface area contributed by atoms with E-state index in [1.807, 2.05) is 0 Å². The molecule has 3 aromatic carbocycles. The molecule has 0 amide bonds. The lowest BCUT2D eigenvalue weighted by molar-refractivity contribution is -0.323. The van der Waals surface area contributed by atoms with E-state index < -0.39 is 91.7 Å². The van der Waals surface area contributed by atoms with E-state index in [0.29, 0.717) is 0 Å². The van der Waals surface area contributed by atoms with Crippen LogP contribution in [-0.2, 0) is 42.6 Å². The third kappa shape index (κ3) is 8.27. The molecule has 0 radical (unpaired) electrons. The van der Waals surface area contributed by atoms with Crippen molar-refractivity contribution in [2.24, 2.45) is 5.11 Å². The molecule has 3 saturated heterocycles. The van der Waals surface area contributed by atoms with Crippen LogP contribution in [0, 0.1) is 0 Å². The van der Waals surface area contributed by atoms with Crippen LogP contribution in [0.4, 0.5) is 0 Å². The highest BCUT2D eigenvalue weighted by atomic mass is 16.8. The van der Waals surface area contributed by atoms with Gasteiger partial charge in [-0.05, 0) is 62.7 Å². The first-order valence-electron chi connectivity index (χ1n) is 16.7. The summed E-state index contributed by atoms with van der Waals surface area (Å²) in [7, 11) is 1.48. The molecule has 10 atom stereocenters. The molecule has 3 aromatic rings. The molecule has 0 bridgehead atoms. The second-order valence-electron chi connectivity index (χ2n) is 12.8. The Kier molecular flexibility index (Phi) is 11.5. The summed E-state index contributed by atoms with van der Waals surface area (Å²) >= 11 is 0. The topological polar surface area (TPSA) is 183 Å². The lowest BCUT2D eigenvalue weighted by Crippen LogP contribution is -2.64. The van der Waals surface area contributed by atoms with Crippen LogP contribution in [0.5, 0.6) is 0 Å². The van der Waals surface area contributed by atoms with Crippen molar-refractivity contribution < 1.29 is 57.0 Å². The minimum absolute atomic E-state index is 0.174. The minimum Gasteiger partial charge on any atom is -0.459 e. The molecule has 3 heterocycles. The number of methoxy groups -OCH3 is 1. The summed E-state index contributed by atoms with van der Waals surface area (Å²) in [5.74, 6) is -3.32. The Hall–Kier alpha value is -4.86. The molecule has 0 saturated carbocycles. The number of hydrogen-bond donors (Lipinski definition) is 0. The number of rotatable bonds is 11. The normalized spacial score (nSPS) is 30.6. The van der Waals surface area contributed by atoms with Gasteiger partial charge in [-0.2, -0.15) is 0 Å². The second-order valence-corrected chi connectivity index (χ2v) is 12.8. The SMILES string of the molecule is CO[C@@H]1O[C@@H](C)[C@H](O[C@H]2O[C@H](COC(=O)c3ccccc3)[C@H](OC(=O)c3ccccc3)[C@H](OC(=O)c3ccccc3)[C@H]2N=[N+]=[N-])[C@H]2OC(C)(C)O[C@@H]12. The Balaban J connectivity index is 1.37. The summed E-state index contributed by atoms with van der Waals surface area (Å²) < 4.78 is 54.6. The van der Waals surface area contributed by atoms with Crippen molar-refractivity contribution in [1.29, 1.82) is 0 Å². The minimum atomic E-state index is -1.50. The van der Waals surface area contributed by atoms with Crippen molar-refractivity contribution in [2.45, 2.75) is 87.9 Å². The van der Waals surface area contributed by atoms with E-state index in [0.717, 1.165) is 0 Å². The maximum absolute atomic E-state index is 13.6. The van der Waals surface area contributed by atoms with Gasteiger partial charge in [0.05, 0.1) is 22.8 Å². The van der Waals surface area contributed by atoms with Crippen LogP contribution < -0.4 is 0 Å². The van der Waals surface area contributed by atoms with E-state index >= 15 is 0 Å².